The van der Waals surface area contributed by atoms with Gasteiger partial charge < -0.3 is 28.5 Å². The Labute approximate surface area is 227 Å². The van der Waals surface area contributed by atoms with Gasteiger partial charge in [0.1, 0.15) is 23.7 Å². The average molecular weight is 542 g/mol. The van der Waals surface area contributed by atoms with Crippen molar-refractivity contribution in [2.45, 2.75) is 31.4 Å². The Hall–Kier alpha value is -3.56. The molecule has 1 atom stereocenters. The Kier molecular flexibility index (Phi) is 9.25. The van der Waals surface area contributed by atoms with Gasteiger partial charge in [0.15, 0.2) is 0 Å². The van der Waals surface area contributed by atoms with Crippen LogP contribution in [0.25, 0.3) is 0 Å². The second kappa shape index (κ2) is 12.8. The maximum Gasteiger partial charge on any atom is 0.254 e. The van der Waals surface area contributed by atoms with Crippen molar-refractivity contribution in [3.63, 3.8) is 0 Å². The first-order valence-corrected chi connectivity index (χ1v) is 12.8. The molecule has 0 spiro atoms. The van der Waals surface area contributed by atoms with Crippen molar-refractivity contribution in [3.8, 4) is 11.6 Å². The van der Waals surface area contributed by atoms with E-state index in [0.29, 0.717) is 48.5 Å². The second-order valence-electron chi connectivity index (χ2n) is 9.34. The summed E-state index contributed by atoms with van der Waals surface area (Å²) in [7, 11) is 3.27. The number of hydrogen-bond donors (Lipinski definition) is 0. The zero-order valence-electron chi connectivity index (χ0n) is 21.6. The van der Waals surface area contributed by atoms with Gasteiger partial charge in [-0.15, -0.1) is 0 Å². The molecule has 38 heavy (non-hydrogen) atoms. The Morgan fingerprint density at radius 2 is 1.92 bits per heavy atom. The third kappa shape index (κ3) is 7.49. The van der Waals surface area contributed by atoms with Crippen LogP contribution < -0.4 is 9.47 Å². The number of rotatable bonds is 11. The molecule has 0 saturated carbocycles. The van der Waals surface area contributed by atoms with E-state index in [1.807, 2.05) is 30.3 Å². The highest BCUT2D eigenvalue weighted by atomic mass is 35.5. The Morgan fingerprint density at radius 1 is 1.16 bits per heavy atom. The van der Waals surface area contributed by atoms with Crippen molar-refractivity contribution >= 4 is 23.4 Å². The van der Waals surface area contributed by atoms with Gasteiger partial charge in [0.25, 0.3) is 5.88 Å². The van der Waals surface area contributed by atoms with Crippen molar-refractivity contribution in [2.24, 2.45) is 0 Å². The number of aromatic nitrogens is 1. The molecular formula is C28H32ClN3O6. The normalized spacial score (nSPS) is 17.2. The summed E-state index contributed by atoms with van der Waals surface area (Å²) < 4.78 is 22.5. The molecular weight excluding hydrogens is 510 g/mol. The summed E-state index contributed by atoms with van der Waals surface area (Å²) in [4.78, 5) is 29.9. The first-order valence-electron chi connectivity index (χ1n) is 12.4. The van der Waals surface area contributed by atoms with E-state index < -0.39 is 5.60 Å². The zero-order chi connectivity index (χ0) is 27.0. The lowest BCUT2D eigenvalue weighted by atomic mass is 9.96. The van der Waals surface area contributed by atoms with E-state index in [0.717, 1.165) is 5.56 Å². The van der Waals surface area contributed by atoms with Gasteiger partial charge in [-0.3, -0.25) is 9.59 Å². The minimum absolute atomic E-state index is 0.0625. The molecule has 202 valence electrons. The van der Waals surface area contributed by atoms with E-state index in [4.69, 9.17) is 30.3 Å². The molecule has 1 fully saturated rings. The van der Waals surface area contributed by atoms with Crippen LogP contribution in [0.1, 0.15) is 24.2 Å². The standard InChI is InChI=1S/C28H32ClN3O6/c1-31(18-21-6-4-3-5-7-21)27(34)17-28(20-36-23-10-8-22(29)9-11-23)19-32(14-15-37-28)26(33)13-12-24-16-25(35-2)30-38-24/h3-11,16H,12-15,17-20H2,1-2H3. The molecule has 1 aromatic heterocycles. The number of morpholine rings is 1. The van der Waals surface area contributed by atoms with Crippen LogP contribution in [0.2, 0.25) is 5.02 Å². The summed E-state index contributed by atoms with van der Waals surface area (Å²) in [5.74, 6) is 1.38. The number of amides is 2. The lowest BCUT2D eigenvalue weighted by molar-refractivity contribution is -0.165. The fourth-order valence-electron chi connectivity index (χ4n) is 4.30. The summed E-state index contributed by atoms with van der Waals surface area (Å²) in [5, 5.41) is 4.37. The molecule has 0 aliphatic carbocycles. The van der Waals surface area contributed by atoms with Gasteiger partial charge in [0.05, 0.1) is 26.7 Å². The number of methoxy groups -OCH3 is 1. The van der Waals surface area contributed by atoms with Crippen LogP contribution in [0.3, 0.4) is 0 Å². The SMILES string of the molecule is COc1cc(CCC(=O)N2CCOC(COc3ccc(Cl)cc3)(CC(=O)N(C)Cc3ccccc3)C2)on1. The molecule has 1 aliphatic rings. The maximum atomic E-state index is 13.3. The number of aryl methyl sites for hydroxylation is 1. The molecule has 1 aliphatic heterocycles. The van der Waals surface area contributed by atoms with Crippen molar-refractivity contribution < 1.29 is 28.3 Å². The lowest BCUT2D eigenvalue weighted by Crippen LogP contribution is -2.58. The number of hydrogen-bond acceptors (Lipinski definition) is 7. The highest BCUT2D eigenvalue weighted by molar-refractivity contribution is 6.30. The van der Waals surface area contributed by atoms with Crippen LogP contribution >= 0.6 is 11.6 Å². The molecule has 0 bridgehead atoms. The predicted molar refractivity (Wildman–Crippen MR) is 141 cm³/mol. The first-order chi connectivity index (χ1) is 18.4. The van der Waals surface area contributed by atoms with Gasteiger partial charge in [-0.25, -0.2) is 0 Å². The molecule has 0 radical (unpaired) electrons. The molecule has 2 amide bonds. The summed E-state index contributed by atoms with van der Waals surface area (Å²) in [5.41, 5.74) is 0.0191. The highest BCUT2D eigenvalue weighted by Crippen LogP contribution is 2.27. The molecule has 3 aromatic rings. The Bertz CT molecular complexity index is 1200. The van der Waals surface area contributed by atoms with E-state index in [1.54, 1.807) is 47.2 Å². The molecule has 1 unspecified atom stereocenters. The summed E-state index contributed by atoms with van der Waals surface area (Å²) in [6, 6.07) is 18.4. The number of carbonyl (C=O) groups is 2. The van der Waals surface area contributed by atoms with Crippen molar-refractivity contribution in [2.75, 3.05) is 40.5 Å². The highest BCUT2D eigenvalue weighted by Gasteiger charge is 2.42. The van der Waals surface area contributed by atoms with Gasteiger partial charge in [0, 0.05) is 44.1 Å². The monoisotopic (exact) mass is 541 g/mol. The van der Waals surface area contributed by atoms with Crippen LogP contribution in [-0.4, -0.2) is 72.8 Å². The summed E-state index contributed by atoms with van der Waals surface area (Å²) in [6.45, 7) is 1.51. The Morgan fingerprint density at radius 3 is 2.63 bits per heavy atom. The molecule has 2 aromatic carbocycles. The van der Waals surface area contributed by atoms with Crippen LogP contribution in [0.15, 0.2) is 65.2 Å². The van der Waals surface area contributed by atoms with Crippen LogP contribution in [0, 0.1) is 0 Å². The predicted octanol–water partition coefficient (Wildman–Crippen LogP) is 3.99. The molecule has 0 N–H and O–H groups in total. The molecule has 9 nitrogen and oxygen atoms in total. The van der Waals surface area contributed by atoms with Gasteiger partial charge in [-0.1, -0.05) is 41.9 Å². The summed E-state index contributed by atoms with van der Waals surface area (Å²) >= 11 is 6.00. The zero-order valence-corrected chi connectivity index (χ0v) is 22.4. The number of carbonyl (C=O) groups excluding carboxylic acids is 2. The Balaban J connectivity index is 1.44. The first kappa shape index (κ1) is 27.5. The minimum atomic E-state index is -1.01. The molecule has 10 heteroatoms. The number of benzene rings is 2. The maximum absolute atomic E-state index is 13.3. The van der Waals surface area contributed by atoms with Crippen molar-refractivity contribution in [1.29, 1.82) is 0 Å². The van der Waals surface area contributed by atoms with Crippen molar-refractivity contribution in [1.82, 2.24) is 15.0 Å². The number of ether oxygens (including phenoxy) is 3. The van der Waals surface area contributed by atoms with Crippen LogP contribution in [-0.2, 0) is 27.3 Å². The number of nitrogens with zero attached hydrogens (tertiary/aromatic N) is 3. The van der Waals surface area contributed by atoms with E-state index in [-0.39, 0.29) is 37.8 Å². The quantitative estimate of drug-likeness (QED) is 0.362. The molecule has 4 rings (SSSR count). The largest absolute Gasteiger partial charge is 0.490 e. The van der Waals surface area contributed by atoms with Gasteiger partial charge in [0.2, 0.25) is 11.8 Å². The van der Waals surface area contributed by atoms with E-state index in [2.05, 4.69) is 5.16 Å². The summed E-state index contributed by atoms with van der Waals surface area (Å²) in [6.07, 6.45) is 0.681. The lowest BCUT2D eigenvalue weighted by Gasteiger charge is -2.42. The third-order valence-electron chi connectivity index (χ3n) is 6.41. The number of halogens is 1. The van der Waals surface area contributed by atoms with E-state index in [9.17, 15) is 9.59 Å². The fraction of sp³-hybridized carbons (Fsp3) is 0.393. The molecule has 2 heterocycles. The van der Waals surface area contributed by atoms with Gasteiger partial charge in [-0.2, -0.15) is 0 Å². The molecule has 1 saturated heterocycles. The van der Waals surface area contributed by atoms with Crippen LogP contribution in [0.5, 0.6) is 11.6 Å². The van der Waals surface area contributed by atoms with Gasteiger partial charge in [-0.05, 0) is 35.0 Å². The van der Waals surface area contributed by atoms with Crippen LogP contribution in [0.4, 0.5) is 0 Å². The minimum Gasteiger partial charge on any atom is -0.490 e. The van der Waals surface area contributed by atoms with Crippen molar-refractivity contribution in [3.05, 3.63) is 77.0 Å². The third-order valence-corrected chi connectivity index (χ3v) is 6.66. The fourth-order valence-corrected chi connectivity index (χ4v) is 4.43. The van der Waals surface area contributed by atoms with Gasteiger partial charge >= 0.3 is 0 Å². The average Bonchev–Trinajstić information content (AvgIpc) is 3.40. The smallest absolute Gasteiger partial charge is 0.254 e. The second-order valence-corrected chi connectivity index (χ2v) is 9.77. The van der Waals surface area contributed by atoms with E-state index >= 15 is 0 Å². The topological polar surface area (TPSA) is 94.3 Å². The van der Waals surface area contributed by atoms with E-state index in [1.165, 1.54) is 7.11 Å².